The van der Waals surface area contributed by atoms with E-state index in [-0.39, 0.29) is 30.1 Å². The van der Waals surface area contributed by atoms with Gasteiger partial charge in [0.15, 0.2) is 5.96 Å². The molecule has 0 spiro atoms. The molecule has 0 saturated carbocycles. The summed E-state index contributed by atoms with van der Waals surface area (Å²) in [6.45, 7) is 6.39. The summed E-state index contributed by atoms with van der Waals surface area (Å²) in [5.74, 6) is 0.752. The maximum absolute atomic E-state index is 6.06. The van der Waals surface area contributed by atoms with Crippen molar-refractivity contribution in [2.24, 2.45) is 4.99 Å². The predicted octanol–water partition coefficient (Wildman–Crippen LogP) is 3.71. The number of rotatable bonds is 8. The van der Waals surface area contributed by atoms with Gasteiger partial charge in [-0.2, -0.15) is 5.10 Å². The van der Waals surface area contributed by atoms with Crippen molar-refractivity contribution in [2.45, 2.75) is 32.9 Å². The Morgan fingerprint density at radius 1 is 1.30 bits per heavy atom. The topological polar surface area (TPSA) is 63.5 Å². The van der Waals surface area contributed by atoms with Gasteiger partial charge in [-0.25, -0.2) is 0 Å². The summed E-state index contributed by atoms with van der Waals surface area (Å²) in [5, 5.41) is 11.8. The second-order valence-electron chi connectivity index (χ2n) is 6.16. The van der Waals surface area contributed by atoms with Crippen LogP contribution in [0.4, 0.5) is 0 Å². The van der Waals surface area contributed by atoms with Crippen LogP contribution in [0.2, 0.25) is 5.02 Å². The van der Waals surface area contributed by atoms with Gasteiger partial charge in [-0.3, -0.25) is 9.67 Å². The third-order valence-corrected chi connectivity index (χ3v) is 4.36. The first-order valence-electron chi connectivity index (χ1n) is 8.77. The minimum atomic E-state index is -0.0954. The molecule has 0 aliphatic rings. The Hall–Kier alpha value is -1.32. The van der Waals surface area contributed by atoms with Crippen LogP contribution in [0, 0.1) is 13.8 Å². The molecule has 1 aromatic carbocycles. The van der Waals surface area contributed by atoms with E-state index >= 15 is 0 Å². The minimum absolute atomic E-state index is 0. The fraction of sp³-hybridized carbons (Fsp3) is 0.474. The molecule has 8 heteroatoms. The summed E-state index contributed by atoms with van der Waals surface area (Å²) >= 11 is 6.06. The van der Waals surface area contributed by atoms with Gasteiger partial charge in [0.1, 0.15) is 0 Å². The highest BCUT2D eigenvalue weighted by atomic mass is 127. The van der Waals surface area contributed by atoms with Crippen molar-refractivity contribution in [2.75, 3.05) is 27.2 Å². The molecule has 0 amide bonds. The Kier molecular flexibility index (Phi) is 10.7. The van der Waals surface area contributed by atoms with Gasteiger partial charge >= 0.3 is 0 Å². The molecular formula is C19H29ClIN5O. The van der Waals surface area contributed by atoms with Crippen molar-refractivity contribution in [1.29, 1.82) is 0 Å². The highest BCUT2D eigenvalue weighted by Crippen LogP contribution is 2.19. The fourth-order valence-electron chi connectivity index (χ4n) is 2.79. The Morgan fingerprint density at radius 2 is 2.07 bits per heavy atom. The number of ether oxygens (including phenoxy) is 1. The van der Waals surface area contributed by atoms with Crippen LogP contribution in [0.1, 0.15) is 29.5 Å². The van der Waals surface area contributed by atoms with Gasteiger partial charge < -0.3 is 15.4 Å². The smallest absolute Gasteiger partial charge is 0.191 e. The predicted molar refractivity (Wildman–Crippen MR) is 122 cm³/mol. The summed E-state index contributed by atoms with van der Waals surface area (Å²) in [7, 11) is 3.45. The number of halogens is 2. The average Bonchev–Trinajstić information content (AvgIpc) is 2.94. The van der Waals surface area contributed by atoms with Crippen molar-refractivity contribution >= 4 is 41.5 Å². The first kappa shape index (κ1) is 23.7. The van der Waals surface area contributed by atoms with Gasteiger partial charge in [0, 0.05) is 44.5 Å². The zero-order chi connectivity index (χ0) is 18.9. The molecule has 0 saturated heterocycles. The van der Waals surface area contributed by atoms with Gasteiger partial charge in [-0.05, 0) is 44.0 Å². The van der Waals surface area contributed by atoms with Crippen LogP contribution in [0.25, 0.3) is 0 Å². The number of nitrogens with zero attached hydrogens (tertiary/aromatic N) is 3. The van der Waals surface area contributed by atoms with Crippen LogP contribution in [0.5, 0.6) is 0 Å². The third kappa shape index (κ3) is 7.67. The molecule has 1 atom stereocenters. The molecule has 150 valence electrons. The SMILES string of the molecule is CN=C(NCCCn1nc(C)cc1C)NCC(OC)c1cccc(Cl)c1.I. The van der Waals surface area contributed by atoms with Gasteiger partial charge in [-0.15, -0.1) is 24.0 Å². The summed E-state index contributed by atoms with van der Waals surface area (Å²) < 4.78 is 7.60. The molecule has 2 aromatic rings. The van der Waals surface area contributed by atoms with Gasteiger partial charge in [0.2, 0.25) is 0 Å². The number of hydrogen-bond donors (Lipinski definition) is 2. The van der Waals surface area contributed by atoms with Gasteiger partial charge in [-0.1, -0.05) is 23.7 Å². The quantitative estimate of drug-likeness (QED) is 0.248. The molecule has 0 bridgehead atoms. The van der Waals surface area contributed by atoms with E-state index in [0.717, 1.165) is 36.7 Å². The Balaban J connectivity index is 0.00000364. The standard InChI is InChI=1S/C19H28ClN5O.HI/c1-14-11-15(2)25(24-14)10-6-9-22-19(21-3)23-13-18(26-4)16-7-5-8-17(20)12-16;/h5,7-8,11-12,18H,6,9-10,13H2,1-4H3,(H2,21,22,23);1H. The lowest BCUT2D eigenvalue weighted by atomic mass is 10.1. The van der Waals surface area contributed by atoms with E-state index in [2.05, 4.69) is 33.7 Å². The van der Waals surface area contributed by atoms with E-state index in [1.165, 1.54) is 5.69 Å². The van der Waals surface area contributed by atoms with Crippen LogP contribution in [0.15, 0.2) is 35.3 Å². The van der Waals surface area contributed by atoms with Crippen molar-refractivity contribution in [3.8, 4) is 0 Å². The van der Waals surface area contributed by atoms with E-state index in [1.54, 1.807) is 14.2 Å². The first-order chi connectivity index (χ1) is 12.5. The van der Waals surface area contributed by atoms with E-state index in [9.17, 15) is 0 Å². The monoisotopic (exact) mass is 505 g/mol. The Bertz CT molecular complexity index is 735. The Labute approximate surface area is 183 Å². The molecule has 6 nitrogen and oxygen atoms in total. The maximum atomic E-state index is 6.06. The molecule has 27 heavy (non-hydrogen) atoms. The summed E-state index contributed by atoms with van der Waals surface area (Å²) in [4.78, 5) is 4.26. The lowest BCUT2D eigenvalue weighted by Crippen LogP contribution is -2.40. The molecule has 2 N–H and O–H groups in total. The summed E-state index contributed by atoms with van der Waals surface area (Å²) in [6, 6.07) is 9.80. The number of methoxy groups -OCH3 is 1. The van der Waals surface area contributed by atoms with Gasteiger partial charge in [0.05, 0.1) is 11.8 Å². The fourth-order valence-corrected chi connectivity index (χ4v) is 2.99. The number of aromatic nitrogens is 2. The van der Waals surface area contributed by atoms with Crippen LogP contribution in [-0.2, 0) is 11.3 Å². The third-order valence-electron chi connectivity index (χ3n) is 4.13. The molecule has 1 heterocycles. The maximum Gasteiger partial charge on any atom is 0.191 e. The van der Waals surface area contributed by atoms with E-state index in [1.807, 2.05) is 35.9 Å². The number of guanidine groups is 1. The second-order valence-corrected chi connectivity index (χ2v) is 6.60. The molecular weight excluding hydrogens is 477 g/mol. The lowest BCUT2D eigenvalue weighted by molar-refractivity contribution is 0.106. The number of hydrogen-bond acceptors (Lipinski definition) is 3. The molecule has 1 aromatic heterocycles. The van der Waals surface area contributed by atoms with Crippen LogP contribution in [-0.4, -0.2) is 43.0 Å². The van der Waals surface area contributed by atoms with Crippen LogP contribution in [0.3, 0.4) is 0 Å². The normalized spacial score (nSPS) is 12.4. The minimum Gasteiger partial charge on any atom is -0.375 e. The van der Waals surface area contributed by atoms with E-state index in [4.69, 9.17) is 16.3 Å². The molecule has 2 rings (SSSR count). The van der Waals surface area contributed by atoms with Crippen molar-refractivity contribution in [1.82, 2.24) is 20.4 Å². The van der Waals surface area contributed by atoms with Crippen molar-refractivity contribution in [3.63, 3.8) is 0 Å². The van der Waals surface area contributed by atoms with Crippen LogP contribution < -0.4 is 10.6 Å². The summed E-state index contributed by atoms with van der Waals surface area (Å²) in [6.07, 6.45) is 0.868. The zero-order valence-electron chi connectivity index (χ0n) is 16.3. The number of benzene rings is 1. The van der Waals surface area contributed by atoms with Crippen molar-refractivity contribution in [3.05, 3.63) is 52.3 Å². The largest absolute Gasteiger partial charge is 0.375 e. The summed E-state index contributed by atoms with van der Waals surface area (Å²) in [5.41, 5.74) is 3.28. The number of aryl methyl sites for hydroxylation is 3. The molecule has 0 aliphatic carbocycles. The second kappa shape index (κ2) is 12.2. The molecule has 0 fully saturated rings. The van der Waals surface area contributed by atoms with Crippen LogP contribution >= 0.6 is 35.6 Å². The first-order valence-corrected chi connectivity index (χ1v) is 9.15. The molecule has 0 aliphatic heterocycles. The molecule has 1 unspecified atom stereocenters. The van der Waals surface area contributed by atoms with E-state index in [0.29, 0.717) is 11.6 Å². The Morgan fingerprint density at radius 3 is 2.67 bits per heavy atom. The highest BCUT2D eigenvalue weighted by molar-refractivity contribution is 14.0. The molecule has 0 radical (unpaired) electrons. The zero-order valence-corrected chi connectivity index (χ0v) is 19.4. The number of aliphatic imine (C=N–C) groups is 1. The van der Waals surface area contributed by atoms with E-state index < -0.39 is 0 Å². The highest BCUT2D eigenvalue weighted by Gasteiger charge is 2.11. The lowest BCUT2D eigenvalue weighted by Gasteiger charge is -2.19. The van der Waals surface area contributed by atoms with Gasteiger partial charge in [0.25, 0.3) is 0 Å². The van der Waals surface area contributed by atoms with Crippen molar-refractivity contribution < 1.29 is 4.74 Å². The number of nitrogens with one attached hydrogen (secondary N) is 2. The average molecular weight is 506 g/mol.